The fourth-order valence-corrected chi connectivity index (χ4v) is 2.71. The van der Waals surface area contributed by atoms with Gasteiger partial charge in [0.25, 0.3) is 5.91 Å². The van der Waals surface area contributed by atoms with Crippen molar-refractivity contribution in [2.75, 3.05) is 24.4 Å². The van der Waals surface area contributed by atoms with Crippen molar-refractivity contribution in [1.29, 1.82) is 0 Å². The number of halogens is 2. The Morgan fingerprint density at radius 3 is 2.13 bits per heavy atom. The van der Waals surface area contributed by atoms with Gasteiger partial charge in [-0.1, -0.05) is 23.2 Å². The first-order chi connectivity index (χ1) is 14.8. The number of benzene rings is 2. The molecule has 0 atom stereocenters. The number of hydrogen-bond acceptors (Lipinski definition) is 6. The van der Waals surface area contributed by atoms with E-state index < -0.39 is 24.5 Å². The van der Waals surface area contributed by atoms with Gasteiger partial charge in [0.1, 0.15) is 0 Å². The lowest BCUT2D eigenvalue weighted by atomic mass is 10.2. The average Bonchev–Trinajstić information content (AvgIpc) is 2.75. The van der Waals surface area contributed by atoms with Gasteiger partial charge in [-0.3, -0.25) is 14.4 Å². The number of rotatable bonds is 9. The van der Waals surface area contributed by atoms with Gasteiger partial charge in [-0.2, -0.15) is 0 Å². The average molecular weight is 467 g/mol. The molecule has 0 unspecified atom stereocenters. The van der Waals surface area contributed by atoms with Crippen LogP contribution in [0.25, 0.3) is 0 Å². The Kier molecular flexibility index (Phi) is 9.30. The number of methoxy groups -OCH3 is 1. The Bertz CT molecular complexity index is 963. The highest BCUT2D eigenvalue weighted by molar-refractivity contribution is 6.42. The smallest absolute Gasteiger partial charge is 0.337 e. The molecule has 2 aromatic carbocycles. The van der Waals surface area contributed by atoms with Crippen LogP contribution in [0.4, 0.5) is 11.4 Å². The molecule has 0 fully saturated rings. The van der Waals surface area contributed by atoms with E-state index in [1.807, 2.05) is 0 Å². The summed E-state index contributed by atoms with van der Waals surface area (Å²) in [7, 11) is 1.28. The summed E-state index contributed by atoms with van der Waals surface area (Å²) in [5, 5.41) is 5.83. The van der Waals surface area contributed by atoms with Crippen molar-refractivity contribution in [3.8, 4) is 0 Å². The van der Waals surface area contributed by atoms with Crippen LogP contribution >= 0.6 is 23.2 Å². The molecule has 0 aliphatic rings. The van der Waals surface area contributed by atoms with Crippen LogP contribution in [0.15, 0.2) is 42.5 Å². The van der Waals surface area contributed by atoms with Gasteiger partial charge >= 0.3 is 11.9 Å². The van der Waals surface area contributed by atoms with Crippen LogP contribution in [-0.4, -0.2) is 37.5 Å². The molecule has 0 radical (unpaired) electrons. The predicted molar refractivity (Wildman–Crippen MR) is 116 cm³/mol. The van der Waals surface area contributed by atoms with Gasteiger partial charge in [0.2, 0.25) is 5.91 Å². The summed E-state index contributed by atoms with van der Waals surface area (Å²) < 4.78 is 9.49. The Morgan fingerprint density at radius 1 is 0.839 bits per heavy atom. The summed E-state index contributed by atoms with van der Waals surface area (Å²) in [5.41, 5.74) is 1.30. The largest absolute Gasteiger partial charge is 0.465 e. The number of carbonyl (C=O) groups excluding carboxylic acids is 4. The van der Waals surface area contributed by atoms with Gasteiger partial charge in [-0.05, 0) is 48.9 Å². The molecule has 8 nitrogen and oxygen atoms in total. The molecule has 0 bridgehead atoms. The molecule has 2 aromatic rings. The summed E-state index contributed by atoms with van der Waals surface area (Å²) in [4.78, 5) is 46.9. The van der Waals surface area contributed by atoms with Gasteiger partial charge in [-0.15, -0.1) is 0 Å². The van der Waals surface area contributed by atoms with Crippen molar-refractivity contribution in [2.45, 2.75) is 19.3 Å². The molecule has 0 spiro atoms. The quantitative estimate of drug-likeness (QED) is 0.538. The summed E-state index contributed by atoms with van der Waals surface area (Å²) in [6.45, 7) is -0.460. The van der Waals surface area contributed by atoms with Crippen LogP contribution in [-0.2, 0) is 23.9 Å². The highest BCUT2D eigenvalue weighted by Crippen LogP contribution is 2.24. The third kappa shape index (κ3) is 8.27. The molecule has 2 amide bonds. The molecular formula is C21H20Cl2N2O6. The first-order valence-electron chi connectivity index (χ1n) is 9.17. The van der Waals surface area contributed by atoms with E-state index in [2.05, 4.69) is 15.4 Å². The topological polar surface area (TPSA) is 111 Å². The van der Waals surface area contributed by atoms with Crippen molar-refractivity contribution >= 4 is 58.3 Å². The van der Waals surface area contributed by atoms with Crippen molar-refractivity contribution in [2.24, 2.45) is 0 Å². The SMILES string of the molecule is COC(=O)c1ccc(NC(=O)CCCC(=O)OCC(=O)Nc2ccc(Cl)c(Cl)c2)cc1. The maximum absolute atomic E-state index is 12.0. The van der Waals surface area contributed by atoms with Crippen molar-refractivity contribution in [1.82, 2.24) is 0 Å². The Morgan fingerprint density at radius 2 is 1.48 bits per heavy atom. The maximum atomic E-state index is 12.0. The second kappa shape index (κ2) is 11.9. The summed E-state index contributed by atoms with van der Waals surface area (Å²) in [5.74, 6) is -1.89. The molecule has 31 heavy (non-hydrogen) atoms. The predicted octanol–water partition coefficient (Wildman–Crippen LogP) is 4.07. The molecule has 10 heteroatoms. The normalized spacial score (nSPS) is 10.2. The monoisotopic (exact) mass is 466 g/mol. The Labute approximate surface area is 188 Å². The third-order valence-corrected chi connectivity index (χ3v) is 4.68. The fourth-order valence-electron chi connectivity index (χ4n) is 2.41. The number of carbonyl (C=O) groups is 4. The molecule has 0 saturated carbocycles. The molecule has 0 aliphatic carbocycles. The molecule has 0 heterocycles. The number of anilines is 2. The lowest BCUT2D eigenvalue weighted by molar-refractivity contribution is -0.147. The molecule has 0 aromatic heterocycles. The third-order valence-electron chi connectivity index (χ3n) is 3.94. The molecule has 2 rings (SSSR count). The zero-order chi connectivity index (χ0) is 22.8. The van der Waals surface area contributed by atoms with E-state index in [1.54, 1.807) is 18.2 Å². The van der Waals surface area contributed by atoms with E-state index in [0.717, 1.165) is 0 Å². The van der Waals surface area contributed by atoms with Crippen molar-refractivity contribution in [3.63, 3.8) is 0 Å². The van der Waals surface area contributed by atoms with Crippen LogP contribution in [0.2, 0.25) is 10.0 Å². The Hall–Kier alpha value is -3.10. The van der Waals surface area contributed by atoms with Crippen molar-refractivity contribution in [3.05, 3.63) is 58.1 Å². The van der Waals surface area contributed by atoms with Gasteiger partial charge in [0, 0.05) is 24.2 Å². The second-order valence-electron chi connectivity index (χ2n) is 6.31. The fraction of sp³-hybridized carbons (Fsp3) is 0.238. The van der Waals surface area contributed by atoms with Crippen LogP contribution in [0, 0.1) is 0 Å². The Balaban J connectivity index is 1.65. The summed E-state index contributed by atoms with van der Waals surface area (Å²) >= 11 is 11.7. The van der Waals surface area contributed by atoms with E-state index in [-0.39, 0.29) is 30.2 Å². The molecule has 164 valence electrons. The first kappa shape index (κ1) is 24.2. The van der Waals surface area contributed by atoms with E-state index in [1.165, 1.54) is 31.4 Å². The van der Waals surface area contributed by atoms with Gasteiger partial charge < -0.3 is 20.1 Å². The standard InChI is InChI=1S/C21H20Cl2N2O6/c1-30-21(29)13-5-7-14(8-6-13)24-18(26)3-2-4-20(28)31-12-19(27)25-15-9-10-16(22)17(23)11-15/h5-11H,2-4,12H2,1H3,(H,24,26)(H,25,27). The van der Waals surface area contributed by atoms with Gasteiger partial charge in [0.05, 0.1) is 22.7 Å². The van der Waals surface area contributed by atoms with Crippen LogP contribution in [0.5, 0.6) is 0 Å². The van der Waals surface area contributed by atoms with Crippen molar-refractivity contribution < 1.29 is 28.7 Å². The number of hydrogen-bond donors (Lipinski definition) is 2. The van der Waals surface area contributed by atoms with E-state index in [4.69, 9.17) is 27.9 Å². The van der Waals surface area contributed by atoms with Gasteiger partial charge in [-0.25, -0.2) is 4.79 Å². The zero-order valence-electron chi connectivity index (χ0n) is 16.6. The molecule has 0 saturated heterocycles. The zero-order valence-corrected chi connectivity index (χ0v) is 18.1. The molecule has 0 aliphatic heterocycles. The van der Waals surface area contributed by atoms with Crippen LogP contribution in [0.1, 0.15) is 29.6 Å². The minimum atomic E-state index is -0.598. The highest BCUT2D eigenvalue weighted by Gasteiger charge is 2.11. The van der Waals surface area contributed by atoms with Gasteiger partial charge in [0.15, 0.2) is 6.61 Å². The van der Waals surface area contributed by atoms with Crippen LogP contribution in [0.3, 0.4) is 0 Å². The van der Waals surface area contributed by atoms with Crippen LogP contribution < -0.4 is 10.6 Å². The second-order valence-corrected chi connectivity index (χ2v) is 7.12. The maximum Gasteiger partial charge on any atom is 0.337 e. The lowest BCUT2D eigenvalue weighted by Crippen LogP contribution is -2.21. The number of nitrogens with one attached hydrogen (secondary N) is 2. The van der Waals surface area contributed by atoms with E-state index in [9.17, 15) is 19.2 Å². The molecular weight excluding hydrogens is 447 g/mol. The van der Waals surface area contributed by atoms with E-state index in [0.29, 0.717) is 22.0 Å². The lowest BCUT2D eigenvalue weighted by Gasteiger charge is -2.08. The number of ether oxygens (including phenoxy) is 2. The first-order valence-corrected chi connectivity index (χ1v) is 9.93. The molecule has 2 N–H and O–H groups in total. The highest BCUT2D eigenvalue weighted by atomic mass is 35.5. The summed E-state index contributed by atoms with van der Waals surface area (Å²) in [6.07, 6.45) is 0.317. The van der Waals surface area contributed by atoms with E-state index >= 15 is 0 Å². The number of amides is 2. The number of esters is 2. The minimum absolute atomic E-state index is 0.0191. The minimum Gasteiger partial charge on any atom is -0.465 e. The summed E-state index contributed by atoms with van der Waals surface area (Å²) in [6, 6.07) is 10.8.